The van der Waals surface area contributed by atoms with Crippen LogP contribution in [0.15, 0.2) is 0 Å². The van der Waals surface area contributed by atoms with E-state index in [9.17, 15) is 4.79 Å². The number of rotatable bonds is 2. The van der Waals surface area contributed by atoms with Gasteiger partial charge in [0.2, 0.25) is 5.91 Å². The molecular weight excluding hydrogens is 152 g/mol. The van der Waals surface area contributed by atoms with Gasteiger partial charge in [0.1, 0.15) is 6.04 Å². The second kappa shape index (κ2) is 3.05. The molecule has 1 amide bonds. The fourth-order valence-corrected chi connectivity index (χ4v) is 2.20. The lowest BCUT2D eigenvalue weighted by molar-refractivity contribution is -0.143. The highest BCUT2D eigenvalue weighted by Crippen LogP contribution is 2.26. The third-order valence-electron chi connectivity index (χ3n) is 3.00. The van der Waals surface area contributed by atoms with Crippen LogP contribution in [0.25, 0.3) is 0 Å². The van der Waals surface area contributed by atoms with Crippen molar-refractivity contribution in [3.63, 3.8) is 0 Å². The van der Waals surface area contributed by atoms with Gasteiger partial charge in [-0.1, -0.05) is 12.8 Å². The molecule has 3 nitrogen and oxygen atoms in total. The SMILES string of the molecule is NC1CN(CC2CCCC2)C1=O. The van der Waals surface area contributed by atoms with E-state index in [0.717, 1.165) is 19.0 Å². The topological polar surface area (TPSA) is 46.3 Å². The summed E-state index contributed by atoms with van der Waals surface area (Å²) in [6.07, 6.45) is 5.30. The van der Waals surface area contributed by atoms with Crippen LogP contribution in [0.4, 0.5) is 0 Å². The molecule has 0 aromatic carbocycles. The van der Waals surface area contributed by atoms with Gasteiger partial charge >= 0.3 is 0 Å². The largest absolute Gasteiger partial charge is 0.339 e. The maximum absolute atomic E-state index is 11.2. The van der Waals surface area contributed by atoms with Crippen LogP contribution in [-0.2, 0) is 4.79 Å². The minimum absolute atomic E-state index is 0.155. The van der Waals surface area contributed by atoms with Crippen molar-refractivity contribution in [2.24, 2.45) is 11.7 Å². The number of hydrogen-bond acceptors (Lipinski definition) is 2. The highest BCUT2D eigenvalue weighted by atomic mass is 16.2. The Morgan fingerprint density at radius 2 is 2.08 bits per heavy atom. The number of amides is 1. The molecule has 2 rings (SSSR count). The average Bonchev–Trinajstić information content (AvgIpc) is 2.56. The Kier molecular flexibility index (Phi) is 2.05. The Hall–Kier alpha value is -0.570. The second-order valence-corrected chi connectivity index (χ2v) is 4.00. The molecule has 1 heterocycles. The van der Waals surface area contributed by atoms with Crippen molar-refractivity contribution in [2.45, 2.75) is 31.7 Å². The minimum Gasteiger partial charge on any atom is -0.339 e. The van der Waals surface area contributed by atoms with Gasteiger partial charge in [0.05, 0.1) is 0 Å². The standard InChI is InChI=1S/C9H16N2O/c10-8-6-11(9(8)12)5-7-3-1-2-4-7/h7-8H,1-6,10H2. The molecule has 1 aliphatic heterocycles. The maximum atomic E-state index is 11.2. The molecule has 0 aromatic rings. The van der Waals surface area contributed by atoms with Crippen molar-refractivity contribution in [1.82, 2.24) is 4.90 Å². The first-order valence-electron chi connectivity index (χ1n) is 4.82. The number of nitrogens with two attached hydrogens (primary N) is 1. The number of nitrogens with zero attached hydrogens (tertiary/aromatic N) is 1. The van der Waals surface area contributed by atoms with Gasteiger partial charge in [-0.2, -0.15) is 0 Å². The monoisotopic (exact) mass is 168 g/mol. The van der Waals surface area contributed by atoms with Crippen LogP contribution in [0.3, 0.4) is 0 Å². The average molecular weight is 168 g/mol. The molecule has 2 aliphatic rings. The predicted octanol–water partition coefficient (Wildman–Crippen LogP) is 0.346. The highest BCUT2D eigenvalue weighted by Gasteiger charge is 2.34. The summed E-state index contributed by atoms with van der Waals surface area (Å²) in [6, 6.07) is -0.189. The Balaban J connectivity index is 1.77. The second-order valence-electron chi connectivity index (χ2n) is 4.00. The molecule has 2 N–H and O–H groups in total. The quantitative estimate of drug-likeness (QED) is 0.605. The summed E-state index contributed by atoms with van der Waals surface area (Å²) in [4.78, 5) is 13.1. The molecule has 0 aromatic heterocycles. The molecular formula is C9H16N2O. The van der Waals surface area contributed by atoms with Gasteiger partial charge in [0.15, 0.2) is 0 Å². The van der Waals surface area contributed by atoms with Gasteiger partial charge in [0.25, 0.3) is 0 Å². The van der Waals surface area contributed by atoms with Gasteiger partial charge in [0, 0.05) is 13.1 Å². The van der Waals surface area contributed by atoms with E-state index in [1.54, 1.807) is 0 Å². The molecule has 1 unspecified atom stereocenters. The molecule has 3 heteroatoms. The van der Waals surface area contributed by atoms with Crippen LogP contribution in [0.1, 0.15) is 25.7 Å². The minimum atomic E-state index is -0.189. The molecule has 1 atom stereocenters. The Labute approximate surface area is 72.9 Å². The summed E-state index contributed by atoms with van der Waals surface area (Å²) < 4.78 is 0. The molecule has 1 aliphatic carbocycles. The summed E-state index contributed by atoms with van der Waals surface area (Å²) in [6.45, 7) is 1.75. The smallest absolute Gasteiger partial charge is 0.241 e. The fraction of sp³-hybridized carbons (Fsp3) is 0.889. The molecule has 0 bridgehead atoms. The molecule has 68 valence electrons. The number of hydrogen-bond donors (Lipinski definition) is 1. The summed E-state index contributed by atoms with van der Waals surface area (Å²) >= 11 is 0. The van der Waals surface area contributed by atoms with Crippen molar-refractivity contribution in [1.29, 1.82) is 0 Å². The van der Waals surface area contributed by atoms with E-state index in [4.69, 9.17) is 5.73 Å². The van der Waals surface area contributed by atoms with E-state index in [1.165, 1.54) is 25.7 Å². The zero-order valence-corrected chi connectivity index (χ0v) is 7.33. The van der Waals surface area contributed by atoms with Gasteiger partial charge in [-0.25, -0.2) is 0 Å². The normalized spacial score (nSPS) is 30.9. The Morgan fingerprint density at radius 1 is 1.42 bits per heavy atom. The summed E-state index contributed by atoms with van der Waals surface area (Å²) in [7, 11) is 0. The van der Waals surface area contributed by atoms with E-state index in [-0.39, 0.29) is 11.9 Å². The predicted molar refractivity (Wildman–Crippen MR) is 46.5 cm³/mol. The zero-order chi connectivity index (χ0) is 8.55. The molecule has 1 saturated carbocycles. The van der Waals surface area contributed by atoms with Gasteiger partial charge in [-0.3, -0.25) is 4.79 Å². The number of β-lactam (4-membered cyclic amide) rings is 1. The summed E-state index contributed by atoms with van der Waals surface area (Å²) in [5, 5.41) is 0. The summed E-state index contributed by atoms with van der Waals surface area (Å²) in [5.74, 6) is 0.920. The number of likely N-dealkylation sites (tertiary alicyclic amines) is 1. The van der Waals surface area contributed by atoms with E-state index in [0.29, 0.717) is 0 Å². The third kappa shape index (κ3) is 1.33. The van der Waals surface area contributed by atoms with Crippen molar-refractivity contribution >= 4 is 5.91 Å². The van der Waals surface area contributed by atoms with Crippen LogP contribution >= 0.6 is 0 Å². The van der Waals surface area contributed by atoms with Gasteiger partial charge < -0.3 is 10.6 Å². The van der Waals surface area contributed by atoms with Gasteiger partial charge in [-0.15, -0.1) is 0 Å². The van der Waals surface area contributed by atoms with Crippen LogP contribution in [0, 0.1) is 5.92 Å². The van der Waals surface area contributed by atoms with E-state index in [2.05, 4.69) is 0 Å². The van der Waals surface area contributed by atoms with Crippen molar-refractivity contribution in [3.8, 4) is 0 Å². The first-order valence-corrected chi connectivity index (χ1v) is 4.82. The lowest BCUT2D eigenvalue weighted by atomic mass is 10.0. The molecule has 1 saturated heterocycles. The number of carbonyl (C=O) groups excluding carboxylic acids is 1. The van der Waals surface area contributed by atoms with Crippen LogP contribution in [0.2, 0.25) is 0 Å². The number of carbonyl (C=O) groups is 1. The molecule has 2 fully saturated rings. The first-order chi connectivity index (χ1) is 5.77. The molecule has 0 spiro atoms. The van der Waals surface area contributed by atoms with Crippen LogP contribution < -0.4 is 5.73 Å². The van der Waals surface area contributed by atoms with E-state index >= 15 is 0 Å². The van der Waals surface area contributed by atoms with E-state index in [1.807, 2.05) is 4.90 Å². The molecule has 0 radical (unpaired) electrons. The van der Waals surface area contributed by atoms with Crippen LogP contribution in [-0.4, -0.2) is 29.9 Å². The Morgan fingerprint density at radius 3 is 2.58 bits per heavy atom. The zero-order valence-electron chi connectivity index (χ0n) is 7.33. The Bertz CT molecular complexity index is 187. The first kappa shape index (κ1) is 8.05. The van der Waals surface area contributed by atoms with Crippen LogP contribution in [0.5, 0.6) is 0 Å². The maximum Gasteiger partial charge on any atom is 0.241 e. The summed E-state index contributed by atoms with van der Waals surface area (Å²) in [5.41, 5.74) is 5.50. The lowest BCUT2D eigenvalue weighted by Gasteiger charge is -2.37. The highest BCUT2D eigenvalue weighted by molar-refractivity contribution is 5.87. The van der Waals surface area contributed by atoms with Crippen molar-refractivity contribution in [2.75, 3.05) is 13.1 Å². The van der Waals surface area contributed by atoms with Crippen molar-refractivity contribution in [3.05, 3.63) is 0 Å². The third-order valence-corrected chi connectivity index (χ3v) is 3.00. The molecule has 12 heavy (non-hydrogen) atoms. The van der Waals surface area contributed by atoms with Gasteiger partial charge in [-0.05, 0) is 18.8 Å². The van der Waals surface area contributed by atoms with E-state index < -0.39 is 0 Å². The fourth-order valence-electron chi connectivity index (χ4n) is 2.20. The van der Waals surface area contributed by atoms with Crippen molar-refractivity contribution < 1.29 is 4.79 Å². The lowest BCUT2D eigenvalue weighted by Crippen LogP contribution is -2.61.